The second kappa shape index (κ2) is 2.65. The van der Waals surface area contributed by atoms with Crippen molar-refractivity contribution in [1.29, 1.82) is 0 Å². The Labute approximate surface area is 65.0 Å². The van der Waals surface area contributed by atoms with Crippen molar-refractivity contribution in [3.05, 3.63) is 23.2 Å². The number of halogens is 4. The van der Waals surface area contributed by atoms with Crippen LogP contribution in [0, 0.1) is 6.07 Å². The summed E-state index contributed by atoms with van der Waals surface area (Å²) in [5, 5.41) is -0.340. The molecule has 0 unspecified atom stereocenters. The van der Waals surface area contributed by atoms with Crippen molar-refractivity contribution >= 4 is 11.6 Å². The fourth-order valence-electron chi connectivity index (χ4n) is 0.444. The van der Waals surface area contributed by atoms with Crippen LogP contribution in [-0.4, -0.2) is 9.97 Å². The maximum Gasteiger partial charge on any atom is 0.434 e. The molecule has 0 aliphatic rings. The molecule has 0 aromatic carbocycles. The highest BCUT2D eigenvalue weighted by Gasteiger charge is 2.32. The minimum Gasteiger partial charge on any atom is -0.231 e. The van der Waals surface area contributed by atoms with E-state index in [-0.39, 0.29) is 5.15 Å². The smallest absolute Gasteiger partial charge is 0.231 e. The fraction of sp³-hybridized carbons (Fsp3) is 0.200. The molecule has 0 spiro atoms. The first-order valence-corrected chi connectivity index (χ1v) is 2.85. The van der Waals surface area contributed by atoms with Crippen molar-refractivity contribution in [2.75, 3.05) is 0 Å². The van der Waals surface area contributed by atoms with Gasteiger partial charge in [-0.15, -0.1) is 0 Å². The van der Waals surface area contributed by atoms with Crippen LogP contribution in [0.3, 0.4) is 0 Å². The summed E-state index contributed by atoms with van der Waals surface area (Å²) < 4.78 is 35.4. The average Bonchev–Trinajstić information content (AvgIpc) is 1.86. The van der Waals surface area contributed by atoms with Gasteiger partial charge >= 0.3 is 6.18 Å². The maximum atomic E-state index is 11.8. The van der Waals surface area contributed by atoms with Crippen molar-refractivity contribution in [2.45, 2.75) is 6.18 Å². The number of hydrogen-bond acceptors (Lipinski definition) is 2. The molecule has 0 amide bonds. The molecule has 1 heterocycles. The molecule has 0 aliphatic carbocycles. The molecule has 59 valence electrons. The van der Waals surface area contributed by atoms with Gasteiger partial charge < -0.3 is 0 Å². The minimum absolute atomic E-state index is 0.340. The molecule has 0 saturated heterocycles. The molecule has 0 saturated carbocycles. The predicted octanol–water partition coefficient (Wildman–Crippen LogP) is 1.95. The van der Waals surface area contributed by atoms with Crippen LogP contribution in [0.1, 0.15) is 5.69 Å². The third kappa shape index (κ3) is 2.04. The van der Waals surface area contributed by atoms with E-state index >= 15 is 0 Å². The largest absolute Gasteiger partial charge is 0.434 e. The van der Waals surface area contributed by atoms with E-state index in [1.54, 1.807) is 6.07 Å². The summed E-state index contributed by atoms with van der Waals surface area (Å²) in [7, 11) is 0. The monoisotopic (exact) mass is 181 g/mol. The van der Waals surface area contributed by atoms with Crippen LogP contribution < -0.4 is 0 Å². The molecule has 6 heteroatoms. The molecule has 0 fully saturated rings. The lowest BCUT2D eigenvalue weighted by Gasteiger charge is -2.02. The summed E-state index contributed by atoms with van der Waals surface area (Å²) in [4.78, 5) is 6.19. The molecule has 2 nitrogen and oxygen atoms in total. The van der Waals surface area contributed by atoms with Crippen LogP contribution in [0.25, 0.3) is 0 Å². The Hall–Kier alpha value is -0.840. The molecule has 0 aliphatic heterocycles. The predicted molar refractivity (Wildman–Crippen MR) is 30.9 cm³/mol. The van der Waals surface area contributed by atoms with E-state index in [1.165, 1.54) is 0 Å². The van der Waals surface area contributed by atoms with Crippen LogP contribution in [0.2, 0.25) is 5.15 Å². The Morgan fingerprint density at radius 3 is 2.36 bits per heavy atom. The highest BCUT2D eigenvalue weighted by atomic mass is 35.5. The van der Waals surface area contributed by atoms with Crippen LogP contribution in [0.15, 0.2) is 6.33 Å². The van der Waals surface area contributed by atoms with Gasteiger partial charge in [-0.05, 0) is 0 Å². The van der Waals surface area contributed by atoms with E-state index in [0.29, 0.717) is 0 Å². The number of aromatic nitrogens is 2. The first kappa shape index (κ1) is 8.26. The van der Waals surface area contributed by atoms with Gasteiger partial charge in [0.25, 0.3) is 0 Å². The maximum absolute atomic E-state index is 11.8. The summed E-state index contributed by atoms with van der Waals surface area (Å²) in [6, 6.07) is 1.77. The second-order valence-electron chi connectivity index (χ2n) is 1.64. The van der Waals surface area contributed by atoms with Crippen LogP contribution in [0.5, 0.6) is 0 Å². The Balaban J connectivity index is 3.06. The summed E-state index contributed by atoms with van der Waals surface area (Å²) >= 11 is 5.14. The van der Waals surface area contributed by atoms with E-state index in [0.717, 1.165) is 6.33 Å². The average molecular weight is 182 g/mol. The van der Waals surface area contributed by atoms with Crippen LogP contribution in [0.4, 0.5) is 13.2 Å². The van der Waals surface area contributed by atoms with Gasteiger partial charge in [-0.1, -0.05) is 11.6 Å². The van der Waals surface area contributed by atoms with Crippen molar-refractivity contribution in [3.8, 4) is 0 Å². The zero-order valence-electron chi connectivity index (χ0n) is 4.98. The Bertz CT molecular complexity index is 260. The minimum atomic E-state index is -4.51. The van der Waals surface area contributed by atoms with Gasteiger partial charge in [0.1, 0.15) is 11.5 Å². The molecule has 11 heavy (non-hydrogen) atoms. The van der Waals surface area contributed by atoms with E-state index in [1.807, 2.05) is 0 Å². The number of rotatable bonds is 0. The zero-order chi connectivity index (χ0) is 8.48. The van der Waals surface area contributed by atoms with Crippen LogP contribution in [-0.2, 0) is 6.18 Å². The highest BCUT2D eigenvalue weighted by Crippen LogP contribution is 2.27. The van der Waals surface area contributed by atoms with Gasteiger partial charge in [-0.2, -0.15) is 13.2 Å². The Morgan fingerprint density at radius 2 is 2.00 bits per heavy atom. The quantitative estimate of drug-likeness (QED) is 0.572. The standard InChI is InChI=1S/C5HClF3N2/c6-4-1-3(5(7,8)9)10-2-11-4/h2H. The van der Waals surface area contributed by atoms with Gasteiger partial charge in [0.2, 0.25) is 0 Å². The summed E-state index contributed by atoms with van der Waals surface area (Å²) in [5.74, 6) is 0. The molecular formula is C5HClF3N2. The van der Waals surface area contributed by atoms with E-state index in [9.17, 15) is 13.2 Å². The van der Waals surface area contributed by atoms with Crippen molar-refractivity contribution < 1.29 is 13.2 Å². The normalized spacial score (nSPS) is 11.6. The van der Waals surface area contributed by atoms with Gasteiger partial charge in [-0.3, -0.25) is 0 Å². The number of nitrogens with zero attached hydrogens (tertiary/aromatic N) is 2. The Kier molecular flexibility index (Phi) is 1.99. The zero-order valence-corrected chi connectivity index (χ0v) is 5.74. The second-order valence-corrected chi connectivity index (χ2v) is 1.99. The van der Waals surface area contributed by atoms with Gasteiger partial charge in [0.05, 0.1) is 6.07 Å². The molecular weight excluding hydrogens is 181 g/mol. The lowest BCUT2D eigenvalue weighted by molar-refractivity contribution is -0.141. The number of alkyl halides is 3. The van der Waals surface area contributed by atoms with Gasteiger partial charge in [-0.25, -0.2) is 9.97 Å². The lowest BCUT2D eigenvalue weighted by atomic mass is 10.4. The van der Waals surface area contributed by atoms with Crippen molar-refractivity contribution in [3.63, 3.8) is 0 Å². The van der Waals surface area contributed by atoms with Gasteiger partial charge in [0, 0.05) is 0 Å². The summed E-state index contributed by atoms with van der Waals surface area (Å²) in [5.41, 5.74) is -1.16. The Morgan fingerprint density at radius 1 is 1.36 bits per heavy atom. The topological polar surface area (TPSA) is 25.8 Å². The molecule has 0 N–H and O–H groups in total. The van der Waals surface area contributed by atoms with Crippen molar-refractivity contribution in [1.82, 2.24) is 9.97 Å². The van der Waals surface area contributed by atoms with E-state index < -0.39 is 11.9 Å². The molecule has 1 aromatic rings. The molecule has 1 aromatic heterocycles. The van der Waals surface area contributed by atoms with E-state index in [2.05, 4.69) is 9.97 Å². The third-order valence-electron chi connectivity index (χ3n) is 0.848. The first-order chi connectivity index (χ1) is 5.00. The highest BCUT2D eigenvalue weighted by molar-refractivity contribution is 6.29. The number of hydrogen-bond donors (Lipinski definition) is 0. The molecule has 0 atom stereocenters. The SMILES string of the molecule is FC(F)(F)c1[c]c(Cl)ncn1. The van der Waals surface area contributed by atoms with Crippen molar-refractivity contribution in [2.24, 2.45) is 0 Å². The third-order valence-corrected chi connectivity index (χ3v) is 1.04. The molecule has 1 rings (SSSR count). The fourth-order valence-corrected chi connectivity index (χ4v) is 0.577. The molecule has 0 bridgehead atoms. The molecule has 1 radical (unpaired) electrons. The summed E-state index contributed by atoms with van der Waals surface area (Å²) in [6.07, 6.45) is -3.77. The van der Waals surface area contributed by atoms with Gasteiger partial charge in [0.15, 0.2) is 5.69 Å². The van der Waals surface area contributed by atoms with Crippen LogP contribution >= 0.6 is 11.6 Å². The summed E-state index contributed by atoms with van der Waals surface area (Å²) in [6.45, 7) is 0. The van der Waals surface area contributed by atoms with E-state index in [4.69, 9.17) is 11.6 Å². The first-order valence-electron chi connectivity index (χ1n) is 2.47. The lowest BCUT2D eigenvalue weighted by Crippen LogP contribution is -2.08.